The highest BCUT2D eigenvalue weighted by Gasteiger charge is 1.98. The van der Waals surface area contributed by atoms with E-state index >= 15 is 0 Å². The molecule has 1 rings (SSSR count). The summed E-state index contributed by atoms with van der Waals surface area (Å²) >= 11 is 0. The van der Waals surface area contributed by atoms with Crippen molar-refractivity contribution in [3.63, 3.8) is 0 Å². The normalized spacial score (nSPS) is 8.54. The van der Waals surface area contributed by atoms with E-state index in [1.165, 1.54) is 0 Å². The van der Waals surface area contributed by atoms with E-state index in [-0.39, 0.29) is 6.29 Å². The number of carbonyl (C=O) groups is 2. The molecule has 1 aromatic carbocycles. The molecule has 0 unspecified atom stereocenters. The third kappa shape index (κ3) is 2.42. The van der Waals surface area contributed by atoms with E-state index in [2.05, 4.69) is 5.32 Å². The third-order valence-electron chi connectivity index (χ3n) is 1.39. The summed E-state index contributed by atoms with van der Waals surface area (Å²) in [6.45, 7) is 0. The van der Waals surface area contributed by atoms with Crippen molar-refractivity contribution >= 4 is 17.9 Å². The zero-order chi connectivity index (χ0) is 9.68. The molecule has 0 saturated carbocycles. The predicted molar refractivity (Wildman–Crippen MR) is 45.9 cm³/mol. The highest BCUT2D eigenvalue weighted by molar-refractivity contribution is 6.29. The van der Waals surface area contributed by atoms with Crippen LogP contribution in [0.5, 0.6) is 0 Å². The number of benzene rings is 1. The molecule has 0 heterocycles. The molecule has 0 aromatic heterocycles. The first kappa shape index (κ1) is 8.94. The van der Waals surface area contributed by atoms with Crippen LogP contribution in [-0.4, -0.2) is 12.2 Å². The lowest BCUT2D eigenvalue weighted by Crippen LogP contribution is -2.11. The van der Waals surface area contributed by atoms with Crippen molar-refractivity contribution in [3.8, 4) is 6.07 Å². The maximum absolute atomic E-state index is 10.6. The first-order chi connectivity index (χ1) is 6.26. The van der Waals surface area contributed by atoms with Gasteiger partial charge in [-0.3, -0.25) is 9.59 Å². The van der Waals surface area contributed by atoms with Crippen LogP contribution in [0.1, 0.15) is 5.56 Å². The van der Waals surface area contributed by atoms with Gasteiger partial charge in [0.05, 0.1) is 11.6 Å². The highest BCUT2D eigenvalue weighted by atomic mass is 16.2. The molecular formula is C9H6N2O2. The lowest BCUT2D eigenvalue weighted by atomic mass is 10.2. The zero-order valence-corrected chi connectivity index (χ0v) is 6.65. The highest BCUT2D eigenvalue weighted by Crippen LogP contribution is 2.07. The van der Waals surface area contributed by atoms with Crippen LogP contribution in [-0.2, 0) is 9.59 Å². The van der Waals surface area contributed by atoms with Crippen LogP contribution in [0.4, 0.5) is 5.69 Å². The second-order valence-electron chi connectivity index (χ2n) is 2.30. The molecule has 13 heavy (non-hydrogen) atoms. The summed E-state index contributed by atoms with van der Waals surface area (Å²) < 4.78 is 0. The van der Waals surface area contributed by atoms with E-state index in [1.807, 2.05) is 6.07 Å². The summed E-state index contributed by atoms with van der Waals surface area (Å²) in [6.07, 6.45) is 0.193. The summed E-state index contributed by atoms with van der Waals surface area (Å²) in [6, 6.07) is 8.16. The van der Waals surface area contributed by atoms with Gasteiger partial charge in [-0.25, -0.2) is 0 Å². The monoisotopic (exact) mass is 174 g/mol. The molecule has 0 atom stereocenters. The van der Waals surface area contributed by atoms with Gasteiger partial charge in [0.2, 0.25) is 6.29 Å². The van der Waals surface area contributed by atoms with Crippen LogP contribution in [0.15, 0.2) is 24.3 Å². The van der Waals surface area contributed by atoms with Gasteiger partial charge in [0.1, 0.15) is 0 Å². The van der Waals surface area contributed by atoms with Crippen LogP contribution in [0.25, 0.3) is 0 Å². The molecule has 0 aliphatic carbocycles. The molecule has 4 nitrogen and oxygen atoms in total. The molecule has 64 valence electrons. The molecule has 4 heteroatoms. The Morgan fingerprint density at radius 1 is 1.38 bits per heavy atom. The van der Waals surface area contributed by atoms with Gasteiger partial charge in [-0.15, -0.1) is 0 Å². The fraction of sp³-hybridized carbons (Fsp3) is 0. The Morgan fingerprint density at radius 3 is 2.46 bits per heavy atom. The van der Waals surface area contributed by atoms with Gasteiger partial charge in [-0.1, -0.05) is 0 Å². The van der Waals surface area contributed by atoms with Gasteiger partial charge in [0.25, 0.3) is 5.91 Å². The van der Waals surface area contributed by atoms with Gasteiger partial charge in [0, 0.05) is 5.69 Å². The molecule has 1 aromatic rings. The summed E-state index contributed by atoms with van der Waals surface area (Å²) in [7, 11) is 0. The average Bonchev–Trinajstić information content (AvgIpc) is 2.19. The molecule has 0 bridgehead atoms. The molecule has 0 aliphatic rings. The van der Waals surface area contributed by atoms with Crippen LogP contribution in [0.2, 0.25) is 0 Å². The number of nitrogens with zero attached hydrogens (tertiary/aromatic N) is 1. The third-order valence-corrected chi connectivity index (χ3v) is 1.39. The molecule has 0 radical (unpaired) electrons. The van der Waals surface area contributed by atoms with Gasteiger partial charge < -0.3 is 5.32 Å². The molecule has 0 saturated heterocycles. The minimum Gasteiger partial charge on any atom is -0.320 e. The van der Waals surface area contributed by atoms with Crippen LogP contribution >= 0.6 is 0 Å². The van der Waals surface area contributed by atoms with Crippen molar-refractivity contribution in [1.82, 2.24) is 0 Å². The fourth-order valence-electron chi connectivity index (χ4n) is 0.800. The second kappa shape index (κ2) is 4.02. The summed E-state index contributed by atoms with van der Waals surface area (Å²) in [5.41, 5.74) is 1.00. The average molecular weight is 174 g/mol. The van der Waals surface area contributed by atoms with Crippen LogP contribution < -0.4 is 5.32 Å². The fourth-order valence-corrected chi connectivity index (χ4v) is 0.800. The number of aldehydes is 1. The minimum absolute atomic E-state index is 0.193. The second-order valence-corrected chi connectivity index (χ2v) is 2.30. The molecular weight excluding hydrogens is 168 g/mol. The first-order valence-corrected chi connectivity index (χ1v) is 3.52. The summed E-state index contributed by atoms with van der Waals surface area (Å²) in [5.74, 6) is -0.704. The van der Waals surface area contributed by atoms with Crippen LogP contribution in [0, 0.1) is 11.3 Å². The number of hydrogen-bond donors (Lipinski definition) is 1. The minimum atomic E-state index is -0.704. The number of carbonyl (C=O) groups excluding carboxylic acids is 2. The van der Waals surface area contributed by atoms with Crippen molar-refractivity contribution in [2.45, 2.75) is 0 Å². The Kier molecular flexibility index (Phi) is 2.77. The maximum atomic E-state index is 10.6. The molecule has 1 N–H and O–H groups in total. The molecule has 0 fully saturated rings. The maximum Gasteiger partial charge on any atom is 0.288 e. The van der Waals surface area contributed by atoms with Gasteiger partial charge in [0.15, 0.2) is 0 Å². The number of amides is 1. The Bertz CT molecular complexity index is 362. The Labute approximate surface area is 74.8 Å². The van der Waals surface area contributed by atoms with E-state index in [0.29, 0.717) is 11.3 Å². The van der Waals surface area contributed by atoms with E-state index < -0.39 is 5.91 Å². The van der Waals surface area contributed by atoms with Crippen molar-refractivity contribution in [2.75, 3.05) is 5.32 Å². The number of nitriles is 1. The predicted octanol–water partition coefficient (Wildman–Crippen LogP) is 0.696. The lowest BCUT2D eigenvalue weighted by molar-refractivity contribution is -0.127. The number of anilines is 1. The van der Waals surface area contributed by atoms with Crippen LogP contribution in [0.3, 0.4) is 0 Å². The van der Waals surface area contributed by atoms with Gasteiger partial charge >= 0.3 is 0 Å². The topological polar surface area (TPSA) is 70.0 Å². The molecule has 0 aliphatic heterocycles. The number of hydrogen-bond acceptors (Lipinski definition) is 3. The van der Waals surface area contributed by atoms with Crippen molar-refractivity contribution in [1.29, 1.82) is 5.26 Å². The standard InChI is InChI=1S/C9H6N2O2/c10-5-7-1-3-8(4-2-7)11-9(13)6-12/h1-4,6H,(H,11,13). The molecule has 0 spiro atoms. The van der Waals surface area contributed by atoms with Crippen molar-refractivity contribution in [2.24, 2.45) is 0 Å². The smallest absolute Gasteiger partial charge is 0.288 e. The lowest BCUT2D eigenvalue weighted by Gasteiger charge is -1.99. The van der Waals surface area contributed by atoms with Gasteiger partial charge in [-0.05, 0) is 24.3 Å². The van der Waals surface area contributed by atoms with Crippen molar-refractivity contribution < 1.29 is 9.59 Å². The van der Waals surface area contributed by atoms with Crippen molar-refractivity contribution in [3.05, 3.63) is 29.8 Å². The van der Waals surface area contributed by atoms with E-state index in [1.54, 1.807) is 24.3 Å². The Balaban J connectivity index is 2.76. The number of rotatable bonds is 2. The van der Waals surface area contributed by atoms with Gasteiger partial charge in [-0.2, -0.15) is 5.26 Å². The summed E-state index contributed by atoms with van der Waals surface area (Å²) in [4.78, 5) is 20.6. The van der Waals surface area contributed by atoms with E-state index in [9.17, 15) is 9.59 Å². The van der Waals surface area contributed by atoms with E-state index in [4.69, 9.17) is 5.26 Å². The largest absolute Gasteiger partial charge is 0.320 e. The Hall–Kier alpha value is -2.15. The SMILES string of the molecule is N#Cc1ccc(NC(=O)C=O)cc1. The summed E-state index contributed by atoms with van der Waals surface area (Å²) in [5, 5.41) is 10.8. The first-order valence-electron chi connectivity index (χ1n) is 3.52. The van der Waals surface area contributed by atoms with E-state index in [0.717, 1.165) is 0 Å². The quantitative estimate of drug-likeness (QED) is 0.529. The Morgan fingerprint density at radius 2 is 2.00 bits per heavy atom. The molecule has 1 amide bonds. The number of nitrogens with one attached hydrogen (secondary N) is 1. The zero-order valence-electron chi connectivity index (χ0n) is 6.65.